The number of amides is 1. The van der Waals surface area contributed by atoms with E-state index >= 15 is 0 Å². The van der Waals surface area contributed by atoms with Crippen molar-refractivity contribution in [3.05, 3.63) is 65.5 Å². The topological polar surface area (TPSA) is 51.2 Å². The molecular weight excluding hydrogens is 300 g/mol. The summed E-state index contributed by atoms with van der Waals surface area (Å²) in [6, 6.07) is 13.9. The molecule has 1 saturated heterocycles. The lowest BCUT2D eigenvalue weighted by atomic mass is 9.73. The Balaban J connectivity index is 1.85. The van der Waals surface area contributed by atoms with E-state index in [2.05, 4.69) is 41.5 Å². The summed E-state index contributed by atoms with van der Waals surface area (Å²) in [7, 11) is 0. The summed E-state index contributed by atoms with van der Waals surface area (Å²) in [5.41, 5.74) is 2.62. The molecule has 4 nitrogen and oxygen atoms in total. The fraction of sp³-hybridized carbons (Fsp3) is 0.400. The Morgan fingerprint density at radius 3 is 2.50 bits per heavy atom. The minimum absolute atomic E-state index is 0.0628. The van der Waals surface area contributed by atoms with Crippen molar-refractivity contribution in [1.82, 2.24) is 10.3 Å². The van der Waals surface area contributed by atoms with Gasteiger partial charge in [0.25, 0.3) is 0 Å². The molecule has 1 aromatic carbocycles. The van der Waals surface area contributed by atoms with Gasteiger partial charge in [0.15, 0.2) is 0 Å². The quantitative estimate of drug-likeness (QED) is 0.938. The van der Waals surface area contributed by atoms with Crippen LogP contribution in [0.4, 0.5) is 0 Å². The maximum atomic E-state index is 13.2. The van der Waals surface area contributed by atoms with Crippen molar-refractivity contribution in [2.45, 2.75) is 38.1 Å². The number of benzene rings is 1. The molecular formula is C20H24N2O2. The molecule has 0 spiro atoms. The van der Waals surface area contributed by atoms with Crippen LogP contribution < -0.4 is 5.32 Å². The number of pyridine rings is 1. The number of nitrogens with one attached hydrogen (secondary N) is 1. The average Bonchev–Trinajstić information content (AvgIpc) is 2.63. The lowest BCUT2D eigenvalue weighted by molar-refractivity contribution is -0.131. The van der Waals surface area contributed by atoms with Crippen molar-refractivity contribution in [1.29, 1.82) is 0 Å². The Morgan fingerprint density at radius 1 is 1.17 bits per heavy atom. The first-order valence-electron chi connectivity index (χ1n) is 8.49. The minimum atomic E-state index is -0.519. The van der Waals surface area contributed by atoms with Gasteiger partial charge in [-0.1, -0.05) is 35.9 Å². The molecule has 0 radical (unpaired) electrons. The number of aromatic nitrogens is 1. The van der Waals surface area contributed by atoms with Gasteiger partial charge in [-0.05, 0) is 44.4 Å². The molecule has 0 saturated carbocycles. The van der Waals surface area contributed by atoms with E-state index < -0.39 is 5.41 Å². The summed E-state index contributed by atoms with van der Waals surface area (Å²) >= 11 is 0. The number of ether oxygens (including phenoxy) is 1. The SMILES string of the molecule is Cc1ccc(C2(C(=O)N[C@@H](C)c3ccccn3)CCOCC2)cc1. The third kappa shape index (κ3) is 3.34. The highest BCUT2D eigenvalue weighted by Gasteiger charge is 2.42. The molecule has 1 aliphatic heterocycles. The van der Waals surface area contributed by atoms with Crippen molar-refractivity contribution in [2.75, 3.05) is 13.2 Å². The van der Waals surface area contributed by atoms with Crippen LogP contribution in [0.5, 0.6) is 0 Å². The molecule has 1 fully saturated rings. The number of hydrogen-bond acceptors (Lipinski definition) is 3. The summed E-state index contributed by atoms with van der Waals surface area (Å²) in [6.07, 6.45) is 3.16. The van der Waals surface area contributed by atoms with E-state index in [1.54, 1.807) is 6.20 Å². The van der Waals surface area contributed by atoms with E-state index in [0.29, 0.717) is 26.1 Å². The standard InChI is InChI=1S/C20H24N2O2/c1-15-6-8-17(9-7-15)20(10-13-24-14-11-20)19(23)22-16(2)18-5-3-4-12-21-18/h3-9,12,16H,10-11,13-14H2,1-2H3,(H,22,23)/t16-/m0/s1. The Kier molecular flexibility index (Phi) is 4.95. The van der Waals surface area contributed by atoms with Crippen molar-refractivity contribution in [3.63, 3.8) is 0 Å². The molecule has 0 bridgehead atoms. The van der Waals surface area contributed by atoms with Gasteiger partial charge in [-0.25, -0.2) is 0 Å². The number of carbonyl (C=O) groups is 1. The zero-order valence-corrected chi connectivity index (χ0v) is 14.3. The summed E-state index contributed by atoms with van der Waals surface area (Å²) in [6.45, 7) is 5.25. The summed E-state index contributed by atoms with van der Waals surface area (Å²) < 4.78 is 5.52. The maximum Gasteiger partial charge on any atom is 0.231 e. The second kappa shape index (κ2) is 7.14. The fourth-order valence-corrected chi connectivity index (χ4v) is 3.28. The Morgan fingerprint density at radius 2 is 1.88 bits per heavy atom. The van der Waals surface area contributed by atoms with Crippen LogP contribution in [0.2, 0.25) is 0 Å². The fourth-order valence-electron chi connectivity index (χ4n) is 3.28. The summed E-state index contributed by atoms with van der Waals surface area (Å²) in [5.74, 6) is 0.0628. The van der Waals surface area contributed by atoms with Gasteiger partial charge in [-0.3, -0.25) is 9.78 Å². The highest BCUT2D eigenvalue weighted by atomic mass is 16.5. The van der Waals surface area contributed by atoms with Crippen LogP contribution in [-0.2, 0) is 14.9 Å². The predicted octanol–water partition coefficient (Wildman–Crippen LogP) is 3.32. The largest absolute Gasteiger partial charge is 0.381 e. The smallest absolute Gasteiger partial charge is 0.231 e. The molecule has 0 aliphatic carbocycles. The Bertz CT molecular complexity index is 677. The molecule has 1 atom stereocenters. The van der Waals surface area contributed by atoms with E-state index in [4.69, 9.17) is 4.74 Å². The Labute approximate surface area is 143 Å². The van der Waals surface area contributed by atoms with Crippen molar-refractivity contribution >= 4 is 5.91 Å². The van der Waals surface area contributed by atoms with Crippen molar-refractivity contribution < 1.29 is 9.53 Å². The molecule has 126 valence electrons. The van der Waals surface area contributed by atoms with Gasteiger partial charge in [0, 0.05) is 19.4 Å². The van der Waals surface area contributed by atoms with Crippen LogP contribution in [-0.4, -0.2) is 24.1 Å². The molecule has 1 aliphatic rings. The van der Waals surface area contributed by atoms with Crippen molar-refractivity contribution in [3.8, 4) is 0 Å². The van der Waals surface area contributed by atoms with Gasteiger partial charge in [0.05, 0.1) is 17.2 Å². The summed E-state index contributed by atoms with van der Waals surface area (Å²) in [4.78, 5) is 17.5. The van der Waals surface area contributed by atoms with Crippen LogP contribution in [0.15, 0.2) is 48.7 Å². The number of rotatable bonds is 4. The molecule has 2 aromatic rings. The van der Waals surface area contributed by atoms with E-state index in [1.165, 1.54) is 5.56 Å². The maximum absolute atomic E-state index is 13.2. The molecule has 3 rings (SSSR count). The first-order chi connectivity index (χ1) is 11.6. The van der Waals surface area contributed by atoms with Crippen LogP contribution in [0.25, 0.3) is 0 Å². The van der Waals surface area contributed by atoms with E-state index in [-0.39, 0.29) is 11.9 Å². The van der Waals surface area contributed by atoms with Crippen molar-refractivity contribution in [2.24, 2.45) is 0 Å². The Hall–Kier alpha value is -2.20. The van der Waals surface area contributed by atoms with Gasteiger partial charge in [0.1, 0.15) is 0 Å². The van der Waals surface area contributed by atoms with Gasteiger partial charge in [-0.15, -0.1) is 0 Å². The monoisotopic (exact) mass is 324 g/mol. The minimum Gasteiger partial charge on any atom is -0.381 e. The second-order valence-corrected chi connectivity index (χ2v) is 6.51. The first kappa shape index (κ1) is 16.7. The number of hydrogen-bond donors (Lipinski definition) is 1. The van der Waals surface area contributed by atoms with Crippen LogP contribution in [0, 0.1) is 6.92 Å². The van der Waals surface area contributed by atoms with E-state index in [0.717, 1.165) is 11.3 Å². The molecule has 1 amide bonds. The number of nitrogens with zero attached hydrogens (tertiary/aromatic N) is 1. The normalized spacial score (nSPS) is 17.9. The third-order valence-electron chi connectivity index (χ3n) is 4.86. The van der Waals surface area contributed by atoms with Crippen LogP contribution >= 0.6 is 0 Å². The summed E-state index contributed by atoms with van der Waals surface area (Å²) in [5, 5.41) is 3.16. The van der Waals surface area contributed by atoms with Crippen LogP contribution in [0.3, 0.4) is 0 Å². The molecule has 4 heteroatoms. The number of aryl methyl sites for hydroxylation is 1. The van der Waals surface area contributed by atoms with E-state index in [1.807, 2.05) is 25.1 Å². The van der Waals surface area contributed by atoms with Gasteiger partial charge < -0.3 is 10.1 Å². The second-order valence-electron chi connectivity index (χ2n) is 6.51. The highest BCUT2D eigenvalue weighted by Crippen LogP contribution is 2.36. The van der Waals surface area contributed by atoms with E-state index in [9.17, 15) is 4.79 Å². The first-order valence-corrected chi connectivity index (χ1v) is 8.49. The zero-order chi connectivity index (χ0) is 17.0. The highest BCUT2D eigenvalue weighted by molar-refractivity contribution is 5.88. The average molecular weight is 324 g/mol. The zero-order valence-electron chi connectivity index (χ0n) is 14.3. The van der Waals surface area contributed by atoms with Gasteiger partial charge >= 0.3 is 0 Å². The van der Waals surface area contributed by atoms with Gasteiger partial charge in [-0.2, -0.15) is 0 Å². The molecule has 1 N–H and O–H groups in total. The molecule has 0 unspecified atom stereocenters. The lowest BCUT2D eigenvalue weighted by Gasteiger charge is -2.37. The third-order valence-corrected chi connectivity index (χ3v) is 4.86. The van der Waals surface area contributed by atoms with Crippen LogP contribution in [0.1, 0.15) is 42.6 Å². The lowest BCUT2D eigenvalue weighted by Crippen LogP contribution is -2.48. The molecule has 1 aromatic heterocycles. The predicted molar refractivity (Wildman–Crippen MR) is 93.7 cm³/mol. The number of carbonyl (C=O) groups excluding carboxylic acids is 1. The van der Waals surface area contributed by atoms with Gasteiger partial charge in [0.2, 0.25) is 5.91 Å². The molecule has 24 heavy (non-hydrogen) atoms. The molecule has 2 heterocycles.